The van der Waals surface area contributed by atoms with E-state index in [0.717, 1.165) is 44.5 Å². The largest absolute Gasteiger partial charge is 0.338 e. The second-order valence-electron chi connectivity index (χ2n) is 4.91. The van der Waals surface area contributed by atoms with E-state index in [1.807, 2.05) is 30.0 Å². The van der Waals surface area contributed by atoms with Gasteiger partial charge in [-0.3, -0.25) is 9.79 Å². The van der Waals surface area contributed by atoms with Crippen LogP contribution in [0.25, 0.3) is 0 Å². The van der Waals surface area contributed by atoms with E-state index in [9.17, 15) is 4.79 Å². The summed E-state index contributed by atoms with van der Waals surface area (Å²) in [6, 6.07) is 10.3. The number of hydrogen-bond donors (Lipinski definition) is 0. The number of likely N-dealkylation sites (tertiary alicyclic amines) is 1. The molecule has 0 N–H and O–H groups in total. The Bertz CT molecular complexity index is 439. The first-order valence-electron chi connectivity index (χ1n) is 7.17. The number of carbonyl (C=O) groups excluding carboxylic acids is 1. The van der Waals surface area contributed by atoms with Crippen molar-refractivity contribution in [1.29, 1.82) is 0 Å². The molecular formula is C16H22N2O. The summed E-state index contributed by atoms with van der Waals surface area (Å²) in [5.74, 6) is 0.146. The smallest absolute Gasteiger partial charge is 0.267 e. The van der Waals surface area contributed by atoms with Crippen LogP contribution in [0.5, 0.6) is 0 Å². The lowest BCUT2D eigenvalue weighted by molar-refractivity contribution is -0.123. The first kappa shape index (κ1) is 13.8. The van der Waals surface area contributed by atoms with Crippen molar-refractivity contribution in [3.8, 4) is 0 Å². The molecule has 3 nitrogen and oxygen atoms in total. The molecular weight excluding hydrogens is 236 g/mol. The molecule has 3 heteroatoms. The van der Waals surface area contributed by atoms with Crippen LogP contribution in [-0.4, -0.2) is 36.2 Å². The van der Waals surface area contributed by atoms with Gasteiger partial charge in [-0.2, -0.15) is 0 Å². The summed E-state index contributed by atoms with van der Waals surface area (Å²) in [6.07, 6.45) is 3.91. The second kappa shape index (κ2) is 7.07. The molecule has 0 bridgehead atoms. The third-order valence-electron chi connectivity index (χ3n) is 3.55. The van der Waals surface area contributed by atoms with Crippen molar-refractivity contribution < 1.29 is 4.79 Å². The fourth-order valence-electron chi connectivity index (χ4n) is 2.40. The quantitative estimate of drug-likeness (QED) is 0.817. The van der Waals surface area contributed by atoms with Gasteiger partial charge >= 0.3 is 0 Å². The molecule has 1 aromatic rings. The zero-order valence-corrected chi connectivity index (χ0v) is 11.6. The minimum Gasteiger partial charge on any atom is -0.338 e. The van der Waals surface area contributed by atoms with Gasteiger partial charge in [-0.25, -0.2) is 0 Å². The van der Waals surface area contributed by atoms with E-state index < -0.39 is 0 Å². The van der Waals surface area contributed by atoms with Crippen LogP contribution < -0.4 is 0 Å². The normalized spacial score (nSPS) is 18.7. The van der Waals surface area contributed by atoms with E-state index in [0.29, 0.717) is 6.54 Å². The lowest BCUT2D eigenvalue weighted by atomic mass is 10.1. The number of nitrogens with zero attached hydrogens (tertiary/aromatic N) is 2. The van der Waals surface area contributed by atoms with Crippen LogP contribution in [0.15, 0.2) is 35.3 Å². The first-order valence-corrected chi connectivity index (χ1v) is 7.17. The number of benzene rings is 1. The molecule has 0 unspecified atom stereocenters. The van der Waals surface area contributed by atoms with Crippen molar-refractivity contribution in [2.45, 2.75) is 32.6 Å². The Balaban J connectivity index is 1.95. The van der Waals surface area contributed by atoms with Crippen molar-refractivity contribution >= 4 is 11.6 Å². The standard InChI is InChI=1S/C16H22N2O/c1-2-18-13-7-6-10-15(16(18)19)17-12-11-14-8-4-3-5-9-14/h3-5,8-9H,2,6-7,10-13H2,1H3. The van der Waals surface area contributed by atoms with Gasteiger partial charge in [0.25, 0.3) is 5.91 Å². The molecule has 102 valence electrons. The third kappa shape index (κ3) is 3.91. The van der Waals surface area contributed by atoms with Gasteiger partial charge in [-0.05, 0) is 38.2 Å². The van der Waals surface area contributed by atoms with Gasteiger partial charge in [0.2, 0.25) is 0 Å². The molecule has 2 rings (SSSR count). The molecule has 0 atom stereocenters. The zero-order chi connectivity index (χ0) is 13.5. The van der Waals surface area contributed by atoms with Crippen molar-refractivity contribution in [3.05, 3.63) is 35.9 Å². The van der Waals surface area contributed by atoms with Crippen LogP contribution in [0.1, 0.15) is 31.7 Å². The average Bonchev–Trinajstić information content (AvgIpc) is 2.62. The lowest BCUT2D eigenvalue weighted by Crippen LogP contribution is -2.35. The Kier molecular flexibility index (Phi) is 5.13. The first-order chi connectivity index (χ1) is 9.31. The van der Waals surface area contributed by atoms with E-state index in [-0.39, 0.29) is 5.91 Å². The van der Waals surface area contributed by atoms with Gasteiger partial charge in [-0.1, -0.05) is 30.3 Å². The summed E-state index contributed by atoms with van der Waals surface area (Å²) in [5, 5.41) is 0. The van der Waals surface area contributed by atoms with E-state index in [1.54, 1.807) is 0 Å². The average molecular weight is 258 g/mol. The Hall–Kier alpha value is -1.64. The topological polar surface area (TPSA) is 32.7 Å². The maximum atomic E-state index is 12.2. The van der Waals surface area contributed by atoms with Crippen LogP contribution in [0.4, 0.5) is 0 Å². The minimum absolute atomic E-state index is 0.146. The zero-order valence-electron chi connectivity index (χ0n) is 11.6. The Morgan fingerprint density at radius 3 is 2.74 bits per heavy atom. The van der Waals surface area contributed by atoms with E-state index >= 15 is 0 Å². The number of hydrogen-bond acceptors (Lipinski definition) is 2. The summed E-state index contributed by atoms with van der Waals surface area (Å²) in [5.41, 5.74) is 2.05. The van der Waals surface area contributed by atoms with Crippen molar-refractivity contribution in [3.63, 3.8) is 0 Å². The Morgan fingerprint density at radius 2 is 2.00 bits per heavy atom. The van der Waals surface area contributed by atoms with Gasteiger partial charge in [0.1, 0.15) is 0 Å². The van der Waals surface area contributed by atoms with Gasteiger partial charge in [-0.15, -0.1) is 0 Å². The van der Waals surface area contributed by atoms with Crippen LogP contribution in [0.3, 0.4) is 0 Å². The predicted molar refractivity (Wildman–Crippen MR) is 78.6 cm³/mol. The molecule has 0 saturated carbocycles. The molecule has 0 spiro atoms. The van der Waals surface area contributed by atoms with Crippen molar-refractivity contribution in [2.75, 3.05) is 19.6 Å². The molecule has 1 saturated heterocycles. The van der Waals surface area contributed by atoms with Gasteiger partial charge < -0.3 is 4.90 Å². The molecule has 1 amide bonds. The predicted octanol–water partition coefficient (Wildman–Crippen LogP) is 2.70. The monoisotopic (exact) mass is 258 g/mol. The number of amides is 1. The number of rotatable bonds is 4. The SMILES string of the molecule is CCN1CCCCC(=NCCc2ccccc2)C1=O. The van der Waals surface area contributed by atoms with Crippen LogP contribution in [-0.2, 0) is 11.2 Å². The molecule has 1 aromatic carbocycles. The molecule has 1 aliphatic rings. The highest BCUT2D eigenvalue weighted by Crippen LogP contribution is 2.10. The summed E-state index contributed by atoms with van der Waals surface area (Å²) in [4.78, 5) is 18.7. The Morgan fingerprint density at radius 1 is 1.21 bits per heavy atom. The molecule has 0 aliphatic carbocycles. The van der Waals surface area contributed by atoms with Crippen LogP contribution >= 0.6 is 0 Å². The Labute approximate surface area is 115 Å². The molecule has 1 aliphatic heterocycles. The molecule has 0 aromatic heterocycles. The van der Waals surface area contributed by atoms with Crippen LogP contribution in [0.2, 0.25) is 0 Å². The van der Waals surface area contributed by atoms with Gasteiger partial charge in [0, 0.05) is 19.6 Å². The fraction of sp³-hybridized carbons (Fsp3) is 0.500. The van der Waals surface area contributed by atoms with Crippen molar-refractivity contribution in [1.82, 2.24) is 4.90 Å². The lowest BCUT2D eigenvalue weighted by Gasteiger charge is -2.18. The molecule has 1 heterocycles. The van der Waals surface area contributed by atoms with E-state index in [1.165, 1.54) is 5.56 Å². The maximum Gasteiger partial charge on any atom is 0.267 e. The van der Waals surface area contributed by atoms with Crippen LogP contribution in [0, 0.1) is 0 Å². The van der Waals surface area contributed by atoms with E-state index in [2.05, 4.69) is 17.1 Å². The maximum absolute atomic E-state index is 12.2. The number of carbonyl (C=O) groups is 1. The number of aliphatic imine (C=N–C) groups is 1. The molecule has 19 heavy (non-hydrogen) atoms. The third-order valence-corrected chi connectivity index (χ3v) is 3.55. The van der Waals surface area contributed by atoms with Crippen molar-refractivity contribution in [2.24, 2.45) is 4.99 Å². The molecule has 1 fully saturated rings. The minimum atomic E-state index is 0.146. The summed E-state index contributed by atoms with van der Waals surface area (Å²) < 4.78 is 0. The second-order valence-corrected chi connectivity index (χ2v) is 4.91. The van der Waals surface area contributed by atoms with E-state index in [4.69, 9.17) is 0 Å². The highest BCUT2D eigenvalue weighted by Gasteiger charge is 2.20. The highest BCUT2D eigenvalue weighted by atomic mass is 16.2. The summed E-state index contributed by atoms with van der Waals surface area (Å²) in [7, 11) is 0. The highest BCUT2D eigenvalue weighted by molar-refractivity contribution is 6.38. The van der Waals surface area contributed by atoms with Gasteiger partial charge in [0.05, 0.1) is 5.71 Å². The summed E-state index contributed by atoms with van der Waals surface area (Å²) >= 11 is 0. The fourth-order valence-corrected chi connectivity index (χ4v) is 2.40. The molecule has 0 radical (unpaired) electrons. The van der Waals surface area contributed by atoms with Gasteiger partial charge in [0.15, 0.2) is 0 Å². The summed E-state index contributed by atoms with van der Waals surface area (Å²) in [6.45, 7) is 4.41.